The Morgan fingerprint density at radius 1 is 1.39 bits per heavy atom. The highest BCUT2D eigenvalue weighted by molar-refractivity contribution is 8.13. The minimum Gasteiger partial charge on any atom is -0.351 e. The minimum atomic E-state index is 0.155. The van der Waals surface area contributed by atoms with Crippen LogP contribution in [0.3, 0.4) is 0 Å². The molecule has 0 N–H and O–H groups in total. The zero-order valence-electron chi connectivity index (χ0n) is 10.6. The van der Waals surface area contributed by atoms with E-state index in [1.807, 2.05) is 19.3 Å². The van der Waals surface area contributed by atoms with Crippen LogP contribution in [0.4, 0.5) is 0 Å². The number of aromatic nitrogens is 1. The fraction of sp³-hybridized carbons (Fsp3) is 0.267. The average molecular weight is 257 g/mol. The van der Waals surface area contributed by atoms with Crippen molar-refractivity contribution in [3.05, 3.63) is 36.0 Å². The van der Waals surface area contributed by atoms with Crippen molar-refractivity contribution in [2.24, 2.45) is 7.05 Å². The minimum absolute atomic E-state index is 0.155. The van der Waals surface area contributed by atoms with Crippen molar-refractivity contribution in [2.75, 3.05) is 5.75 Å². The molecule has 1 aromatic carbocycles. The molecular weight excluding hydrogens is 242 g/mol. The molecule has 0 fully saturated rings. The molecule has 2 nitrogen and oxygen atoms in total. The fourth-order valence-corrected chi connectivity index (χ4v) is 2.26. The number of benzene rings is 1. The average Bonchev–Trinajstić information content (AvgIpc) is 2.70. The van der Waals surface area contributed by atoms with Gasteiger partial charge < -0.3 is 4.57 Å². The second-order valence-corrected chi connectivity index (χ2v) is 5.36. The van der Waals surface area contributed by atoms with E-state index in [0.717, 1.165) is 17.7 Å². The lowest BCUT2D eigenvalue weighted by molar-refractivity contribution is -0.109. The van der Waals surface area contributed by atoms with Crippen molar-refractivity contribution in [1.29, 1.82) is 0 Å². The number of nitrogens with zero attached hydrogens (tertiary/aromatic N) is 1. The largest absolute Gasteiger partial charge is 0.351 e. The summed E-state index contributed by atoms with van der Waals surface area (Å²) in [7, 11) is 2.03. The molecule has 0 radical (unpaired) electrons. The maximum Gasteiger partial charge on any atom is 0.185 e. The number of rotatable bonds is 2. The molecule has 0 amide bonds. The Hall–Kier alpha value is -1.66. The van der Waals surface area contributed by atoms with E-state index >= 15 is 0 Å². The van der Waals surface area contributed by atoms with Gasteiger partial charge in [-0.05, 0) is 24.3 Å². The maximum atomic E-state index is 10.7. The van der Waals surface area contributed by atoms with Crippen LogP contribution in [-0.2, 0) is 11.8 Å². The second-order valence-electron chi connectivity index (χ2n) is 4.09. The number of hydrogen-bond acceptors (Lipinski definition) is 2. The van der Waals surface area contributed by atoms with Crippen molar-refractivity contribution < 1.29 is 4.79 Å². The summed E-state index contributed by atoms with van der Waals surface area (Å²) in [6, 6.07) is 8.31. The topological polar surface area (TPSA) is 22.0 Å². The van der Waals surface area contributed by atoms with E-state index < -0.39 is 0 Å². The lowest BCUT2D eigenvalue weighted by Crippen LogP contribution is -1.85. The van der Waals surface area contributed by atoms with E-state index in [1.54, 1.807) is 6.92 Å². The van der Waals surface area contributed by atoms with E-state index in [-0.39, 0.29) is 5.12 Å². The smallest absolute Gasteiger partial charge is 0.185 e. The first-order valence-electron chi connectivity index (χ1n) is 5.84. The molecule has 0 spiro atoms. The molecular formula is C15H15NOS. The van der Waals surface area contributed by atoms with E-state index in [1.165, 1.54) is 22.7 Å². The van der Waals surface area contributed by atoms with Crippen LogP contribution in [0.25, 0.3) is 10.9 Å². The number of thioether (sulfide) groups is 1. The monoisotopic (exact) mass is 257 g/mol. The van der Waals surface area contributed by atoms with Gasteiger partial charge in [-0.2, -0.15) is 0 Å². The van der Waals surface area contributed by atoms with Crippen LogP contribution in [0, 0.1) is 11.8 Å². The van der Waals surface area contributed by atoms with Gasteiger partial charge in [-0.15, -0.1) is 0 Å². The summed E-state index contributed by atoms with van der Waals surface area (Å²) in [5.41, 5.74) is 2.24. The number of carbonyl (C=O) groups is 1. The van der Waals surface area contributed by atoms with Crippen molar-refractivity contribution in [2.45, 2.75) is 13.3 Å². The highest BCUT2D eigenvalue weighted by Gasteiger charge is 1.97. The zero-order chi connectivity index (χ0) is 13.0. The summed E-state index contributed by atoms with van der Waals surface area (Å²) in [5.74, 6) is 7.01. The summed E-state index contributed by atoms with van der Waals surface area (Å²) in [5, 5.41) is 1.37. The SMILES string of the molecule is CC(=O)SCCC#Cc1ccc2c(ccn2C)c1. The van der Waals surface area contributed by atoms with Gasteiger partial charge in [-0.3, -0.25) is 4.79 Å². The van der Waals surface area contributed by atoms with Gasteiger partial charge in [0.2, 0.25) is 0 Å². The molecule has 0 aliphatic carbocycles. The van der Waals surface area contributed by atoms with Crippen LogP contribution in [0.1, 0.15) is 18.9 Å². The molecule has 18 heavy (non-hydrogen) atoms. The van der Waals surface area contributed by atoms with E-state index in [0.29, 0.717) is 0 Å². The van der Waals surface area contributed by atoms with Crippen LogP contribution in [0.15, 0.2) is 30.5 Å². The van der Waals surface area contributed by atoms with E-state index in [2.05, 4.69) is 34.6 Å². The summed E-state index contributed by atoms with van der Waals surface area (Å²) in [6.07, 6.45) is 2.79. The molecule has 0 saturated heterocycles. The van der Waals surface area contributed by atoms with Gasteiger partial charge in [0.15, 0.2) is 5.12 Å². The van der Waals surface area contributed by atoms with Gasteiger partial charge in [0.1, 0.15) is 0 Å². The lowest BCUT2D eigenvalue weighted by atomic mass is 10.1. The van der Waals surface area contributed by atoms with Gasteiger partial charge >= 0.3 is 0 Å². The Kier molecular flexibility index (Phi) is 4.11. The molecule has 1 heterocycles. The summed E-state index contributed by atoms with van der Waals surface area (Å²) >= 11 is 1.33. The second kappa shape index (κ2) is 5.79. The van der Waals surface area contributed by atoms with Crippen LogP contribution >= 0.6 is 11.8 Å². The number of fused-ring (bicyclic) bond motifs is 1. The normalized spacial score (nSPS) is 10.1. The fourth-order valence-electron chi connectivity index (χ4n) is 1.77. The van der Waals surface area contributed by atoms with Crippen molar-refractivity contribution >= 4 is 27.8 Å². The van der Waals surface area contributed by atoms with Crippen molar-refractivity contribution in [3.8, 4) is 11.8 Å². The molecule has 0 aliphatic heterocycles. The van der Waals surface area contributed by atoms with Crippen molar-refractivity contribution in [1.82, 2.24) is 4.57 Å². The van der Waals surface area contributed by atoms with Gasteiger partial charge in [0.25, 0.3) is 0 Å². The van der Waals surface area contributed by atoms with Gasteiger partial charge in [0.05, 0.1) is 0 Å². The predicted molar refractivity (Wildman–Crippen MR) is 77.6 cm³/mol. The number of carbonyl (C=O) groups excluding carboxylic acids is 1. The van der Waals surface area contributed by atoms with Gasteiger partial charge in [-0.1, -0.05) is 23.6 Å². The molecule has 3 heteroatoms. The highest BCUT2D eigenvalue weighted by atomic mass is 32.2. The number of aryl methyl sites for hydroxylation is 1. The van der Waals surface area contributed by atoms with Gasteiger partial charge in [-0.25, -0.2) is 0 Å². The van der Waals surface area contributed by atoms with Crippen LogP contribution in [0.5, 0.6) is 0 Å². The first kappa shape index (κ1) is 12.8. The molecule has 0 saturated carbocycles. The molecule has 92 valence electrons. The summed E-state index contributed by atoms with van der Waals surface area (Å²) in [6.45, 7) is 1.58. The lowest BCUT2D eigenvalue weighted by Gasteiger charge is -1.96. The third-order valence-electron chi connectivity index (χ3n) is 2.65. The Bertz CT molecular complexity index is 631. The quantitative estimate of drug-likeness (QED) is 0.609. The third kappa shape index (κ3) is 3.18. The van der Waals surface area contributed by atoms with Gasteiger partial charge in [0, 0.05) is 48.8 Å². The Balaban J connectivity index is 2.03. The summed E-state index contributed by atoms with van der Waals surface area (Å²) in [4.78, 5) is 10.7. The first-order valence-corrected chi connectivity index (χ1v) is 6.83. The Labute approximate surface area is 111 Å². The maximum absolute atomic E-state index is 10.7. The standard InChI is InChI=1S/C15H15NOS/c1-12(17)18-10-4-3-5-13-6-7-15-14(11-13)8-9-16(15)2/h6-9,11H,4,10H2,1-2H3. The molecule has 0 unspecified atom stereocenters. The molecule has 1 aromatic heterocycles. The first-order chi connectivity index (χ1) is 8.66. The Morgan fingerprint density at radius 2 is 2.22 bits per heavy atom. The molecule has 0 aliphatic rings. The summed E-state index contributed by atoms with van der Waals surface area (Å²) < 4.78 is 2.09. The van der Waals surface area contributed by atoms with Crippen LogP contribution in [0.2, 0.25) is 0 Å². The highest BCUT2D eigenvalue weighted by Crippen LogP contribution is 2.16. The predicted octanol–water partition coefficient (Wildman–Crippen LogP) is 3.20. The third-order valence-corrected chi connectivity index (χ3v) is 3.47. The van der Waals surface area contributed by atoms with Crippen LogP contribution in [-0.4, -0.2) is 15.4 Å². The zero-order valence-corrected chi connectivity index (χ0v) is 11.4. The van der Waals surface area contributed by atoms with Crippen molar-refractivity contribution in [3.63, 3.8) is 0 Å². The van der Waals surface area contributed by atoms with E-state index in [4.69, 9.17) is 0 Å². The molecule has 0 bridgehead atoms. The number of hydrogen-bond donors (Lipinski definition) is 0. The Morgan fingerprint density at radius 3 is 3.00 bits per heavy atom. The van der Waals surface area contributed by atoms with E-state index in [9.17, 15) is 4.79 Å². The van der Waals surface area contributed by atoms with Crippen LogP contribution < -0.4 is 0 Å². The molecule has 2 rings (SSSR count). The molecule has 0 atom stereocenters. The molecule has 2 aromatic rings.